The van der Waals surface area contributed by atoms with Gasteiger partial charge in [0.05, 0.1) is 16.3 Å². The molecule has 3 rings (SSSR count). The largest absolute Gasteiger partial charge is 0.506 e. The molecule has 2 N–H and O–H groups in total. The van der Waals surface area contributed by atoms with Crippen molar-refractivity contribution >= 4 is 44.0 Å². The number of hydrogen-bond acceptors (Lipinski definition) is 4. The fraction of sp³-hybridized carbons (Fsp3) is 0. The van der Waals surface area contributed by atoms with Crippen LogP contribution in [0.1, 0.15) is 15.9 Å². The molecule has 0 aliphatic carbocycles. The normalized spacial score (nSPS) is 10.7. The molecule has 0 aliphatic rings. The Labute approximate surface area is 172 Å². The maximum Gasteiger partial charge on any atom is 0.275 e. The van der Waals surface area contributed by atoms with Crippen LogP contribution < -0.4 is 10.2 Å². The molecule has 0 fully saturated rings. The van der Waals surface area contributed by atoms with Gasteiger partial charge in [-0.1, -0.05) is 46.3 Å². The first-order chi connectivity index (χ1) is 13.0. The minimum Gasteiger partial charge on any atom is -0.506 e. The average molecular weight is 490 g/mol. The molecule has 3 aromatic rings. The second kappa shape index (κ2) is 8.83. The lowest BCUT2D eigenvalue weighted by Crippen LogP contribution is -2.17. The summed E-state index contributed by atoms with van der Waals surface area (Å²) in [6, 6.07) is 19.9. The number of hydrazone groups is 1. The van der Waals surface area contributed by atoms with Gasteiger partial charge in [-0.15, -0.1) is 0 Å². The number of para-hydroxylation sites is 1. The zero-order chi connectivity index (χ0) is 19.2. The molecule has 7 heteroatoms. The lowest BCUT2D eigenvalue weighted by Gasteiger charge is -2.06. The molecule has 0 spiro atoms. The van der Waals surface area contributed by atoms with E-state index in [1.807, 2.05) is 48.5 Å². The van der Waals surface area contributed by atoms with Crippen LogP contribution >= 0.6 is 31.9 Å². The Balaban J connectivity index is 1.68. The number of ether oxygens (including phenoxy) is 1. The molecule has 27 heavy (non-hydrogen) atoms. The fourth-order valence-electron chi connectivity index (χ4n) is 2.25. The van der Waals surface area contributed by atoms with Crippen LogP contribution in [0.15, 0.2) is 80.8 Å². The van der Waals surface area contributed by atoms with E-state index in [2.05, 4.69) is 42.4 Å². The van der Waals surface area contributed by atoms with Crippen molar-refractivity contribution in [1.29, 1.82) is 0 Å². The van der Waals surface area contributed by atoms with Crippen molar-refractivity contribution in [3.05, 3.63) is 86.8 Å². The predicted molar refractivity (Wildman–Crippen MR) is 112 cm³/mol. The molecule has 0 bridgehead atoms. The minimum atomic E-state index is -0.526. The molecule has 5 nitrogen and oxygen atoms in total. The minimum absolute atomic E-state index is 0.106. The first kappa shape index (κ1) is 19.1. The maximum atomic E-state index is 12.2. The van der Waals surface area contributed by atoms with Crippen LogP contribution in [0.4, 0.5) is 0 Å². The van der Waals surface area contributed by atoms with Crippen molar-refractivity contribution in [2.75, 3.05) is 0 Å². The predicted octanol–water partition coefficient (Wildman–Crippen LogP) is 5.47. The molecule has 0 radical (unpaired) electrons. The van der Waals surface area contributed by atoms with Crippen molar-refractivity contribution in [2.24, 2.45) is 5.10 Å². The Morgan fingerprint density at radius 3 is 2.52 bits per heavy atom. The van der Waals surface area contributed by atoms with E-state index < -0.39 is 5.91 Å². The highest BCUT2D eigenvalue weighted by molar-refractivity contribution is 9.11. The number of nitrogens with zero attached hydrogens (tertiary/aromatic N) is 1. The molecule has 136 valence electrons. The molecule has 1 amide bonds. The Bertz CT molecular complexity index is 992. The van der Waals surface area contributed by atoms with Gasteiger partial charge in [0.15, 0.2) is 0 Å². The van der Waals surface area contributed by atoms with E-state index in [0.29, 0.717) is 14.7 Å². The van der Waals surface area contributed by atoms with E-state index in [9.17, 15) is 9.90 Å². The number of nitrogens with one attached hydrogen (secondary N) is 1. The van der Waals surface area contributed by atoms with Gasteiger partial charge in [0.2, 0.25) is 0 Å². The molecular weight excluding hydrogens is 476 g/mol. The topological polar surface area (TPSA) is 70.9 Å². The van der Waals surface area contributed by atoms with Crippen molar-refractivity contribution in [3.63, 3.8) is 0 Å². The number of amides is 1. The lowest BCUT2D eigenvalue weighted by molar-refractivity contribution is 0.0952. The number of benzene rings is 3. The maximum absolute atomic E-state index is 12.2. The van der Waals surface area contributed by atoms with Gasteiger partial charge in [-0.05, 0) is 57.9 Å². The van der Waals surface area contributed by atoms with Gasteiger partial charge >= 0.3 is 0 Å². The van der Waals surface area contributed by atoms with E-state index in [1.54, 1.807) is 12.1 Å². The van der Waals surface area contributed by atoms with Gasteiger partial charge in [-0.3, -0.25) is 4.79 Å². The van der Waals surface area contributed by atoms with Crippen molar-refractivity contribution < 1.29 is 14.6 Å². The first-order valence-corrected chi connectivity index (χ1v) is 9.46. The van der Waals surface area contributed by atoms with Crippen molar-refractivity contribution in [1.82, 2.24) is 5.43 Å². The summed E-state index contributed by atoms with van der Waals surface area (Å²) in [6.07, 6.45) is 1.50. The molecule has 0 saturated carbocycles. The number of halogens is 2. The summed E-state index contributed by atoms with van der Waals surface area (Å²) in [5.74, 6) is 0.715. The van der Waals surface area contributed by atoms with E-state index in [4.69, 9.17) is 4.74 Å². The van der Waals surface area contributed by atoms with E-state index >= 15 is 0 Å². The van der Waals surface area contributed by atoms with Crippen LogP contribution in [0.5, 0.6) is 17.2 Å². The molecular formula is C20H14Br2N2O3. The van der Waals surface area contributed by atoms with Crippen LogP contribution in [0, 0.1) is 0 Å². The summed E-state index contributed by atoms with van der Waals surface area (Å²) in [5.41, 5.74) is 3.26. The number of hydrogen-bond donors (Lipinski definition) is 2. The number of carbonyl (C=O) groups excluding carboxylic acids is 1. The number of aromatic hydroxyl groups is 1. The SMILES string of the molecule is O=C(NN=Cc1cccc(Oc2ccccc2)c1)c1cc(Br)cc(Br)c1O. The van der Waals surface area contributed by atoms with Crippen LogP contribution in [0.3, 0.4) is 0 Å². The summed E-state index contributed by atoms with van der Waals surface area (Å²) >= 11 is 6.47. The van der Waals surface area contributed by atoms with Gasteiger partial charge < -0.3 is 9.84 Å². The average Bonchev–Trinajstić information content (AvgIpc) is 2.65. The van der Waals surface area contributed by atoms with Crippen molar-refractivity contribution in [3.8, 4) is 17.2 Å². The molecule has 0 heterocycles. The van der Waals surface area contributed by atoms with Gasteiger partial charge in [0.1, 0.15) is 17.2 Å². The Morgan fingerprint density at radius 2 is 1.74 bits per heavy atom. The van der Waals surface area contributed by atoms with Crippen LogP contribution in [0.25, 0.3) is 0 Å². The summed E-state index contributed by atoms with van der Waals surface area (Å²) < 4.78 is 6.84. The Morgan fingerprint density at radius 1 is 1.00 bits per heavy atom. The van der Waals surface area contributed by atoms with E-state index in [-0.39, 0.29) is 11.3 Å². The molecule has 0 saturated heterocycles. The van der Waals surface area contributed by atoms with Gasteiger partial charge in [0, 0.05) is 4.47 Å². The fourth-order valence-corrected chi connectivity index (χ4v) is 3.47. The van der Waals surface area contributed by atoms with Crippen LogP contribution in [0.2, 0.25) is 0 Å². The zero-order valence-corrected chi connectivity index (χ0v) is 17.1. The first-order valence-electron chi connectivity index (χ1n) is 7.87. The molecule has 0 atom stereocenters. The highest BCUT2D eigenvalue weighted by atomic mass is 79.9. The second-order valence-corrected chi connectivity index (χ2v) is 7.24. The highest BCUT2D eigenvalue weighted by Gasteiger charge is 2.14. The summed E-state index contributed by atoms with van der Waals surface area (Å²) in [6.45, 7) is 0. The number of phenols is 1. The molecule has 3 aromatic carbocycles. The third kappa shape index (κ3) is 5.18. The zero-order valence-electron chi connectivity index (χ0n) is 13.9. The van der Waals surface area contributed by atoms with Gasteiger partial charge in [-0.2, -0.15) is 5.10 Å². The monoisotopic (exact) mass is 488 g/mol. The Kier molecular flexibility index (Phi) is 6.26. The van der Waals surface area contributed by atoms with Crippen LogP contribution in [-0.2, 0) is 0 Å². The number of rotatable bonds is 5. The van der Waals surface area contributed by atoms with Gasteiger partial charge in [-0.25, -0.2) is 5.43 Å². The summed E-state index contributed by atoms with van der Waals surface area (Å²) in [5, 5.41) is 13.9. The lowest BCUT2D eigenvalue weighted by atomic mass is 10.2. The quantitative estimate of drug-likeness (QED) is 0.368. The Hall–Kier alpha value is -2.64. The highest BCUT2D eigenvalue weighted by Crippen LogP contribution is 2.31. The van der Waals surface area contributed by atoms with E-state index in [0.717, 1.165) is 11.3 Å². The van der Waals surface area contributed by atoms with Crippen LogP contribution in [-0.4, -0.2) is 17.2 Å². The standard InChI is InChI=1S/C20H14Br2N2O3/c21-14-10-17(19(25)18(22)11-14)20(26)24-23-12-13-5-4-8-16(9-13)27-15-6-2-1-3-7-15/h1-12,25H,(H,24,26). The van der Waals surface area contributed by atoms with Gasteiger partial charge in [0.25, 0.3) is 5.91 Å². The second-order valence-electron chi connectivity index (χ2n) is 5.47. The molecule has 0 unspecified atom stereocenters. The summed E-state index contributed by atoms with van der Waals surface area (Å²) in [7, 11) is 0. The molecule has 0 aromatic heterocycles. The molecule has 0 aliphatic heterocycles. The smallest absolute Gasteiger partial charge is 0.275 e. The summed E-state index contributed by atoms with van der Waals surface area (Å²) in [4.78, 5) is 12.2. The van der Waals surface area contributed by atoms with Crippen molar-refractivity contribution in [2.45, 2.75) is 0 Å². The number of phenolic OH excluding ortho intramolecular Hbond substituents is 1. The third-order valence-corrected chi connectivity index (χ3v) is 4.55. The number of carbonyl (C=O) groups is 1. The third-order valence-electron chi connectivity index (χ3n) is 3.49. The van der Waals surface area contributed by atoms with E-state index in [1.165, 1.54) is 12.3 Å².